The Labute approximate surface area is 168 Å². The van der Waals surface area contributed by atoms with Crippen LogP contribution in [0.5, 0.6) is 0 Å². The molecule has 7 heteroatoms. The van der Waals surface area contributed by atoms with Crippen molar-refractivity contribution in [3.63, 3.8) is 0 Å². The first-order valence-electron chi connectivity index (χ1n) is 9.25. The Morgan fingerprint density at radius 1 is 1.18 bits per heavy atom. The molecule has 0 amide bonds. The minimum Gasteiger partial charge on any atom is -0.326 e. The lowest BCUT2D eigenvalue weighted by Crippen LogP contribution is -2.09. The Kier molecular flexibility index (Phi) is 5.21. The fourth-order valence-corrected chi connectivity index (χ4v) is 3.54. The van der Waals surface area contributed by atoms with Crippen molar-refractivity contribution in [3.8, 4) is 11.5 Å². The summed E-state index contributed by atoms with van der Waals surface area (Å²) in [5.41, 5.74) is 3.90. The maximum absolute atomic E-state index is 6.06. The smallest absolute Gasteiger partial charge is 0.159 e. The summed E-state index contributed by atoms with van der Waals surface area (Å²) in [6.07, 6.45) is 6.60. The molecule has 0 fully saturated rings. The molecule has 28 heavy (non-hydrogen) atoms. The highest BCUT2D eigenvalue weighted by molar-refractivity contribution is 6.29. The molecule has 142 valence electrons. The van der Waals surface area contributed by atoms with Crippen molar-refractivity contribution in [1.29, 1.82) is 0 Å². The Hall–Kier alpha value is -2.99. The molecule has 1 aromatic carbocycles. The summed E-state index contributed by atoms with van der Waals surface area (Å²) in [7, 11) is 1.77. The lowest BCUT2D eigenvalue weighted by atomic mass is 10.2. The molecule has 0 N–H and O–H groups in total. The maximum Gasteiger partial charge on any atom is 0.159 e. The Bertz CT molecular complexity index is 1140. The van der Waals surface area contributed by atoms with Crippen LogP contribution >= 0.6 is 11.6 Å². The van der Waals surface area contributed by atoms with Crippen LogP contribution in [0.1, 0.15) is 24.7 Å². The van der Waals surface area contributed by atoms with Gasteiger partial charge in [0.2, 0.25) is 0 Å². The predicted molar refractivity (Wildman–Crippen MR) is 113 cm³/mol. The van der Waals surface area contributed by atoms with E-state index in [0.717, 1.165) is 46.9 Å². The van der Waals surface area contributed by atoms with Gasteiger partial charge in [-0.15, -0.1) is 0 Å². The molecule has 0 atom stereocenters. The largest absolute Gasteiger partial charge is 0.326 e. The highest BCUT2D eigenvalue weighted by Gasteiger charge is 2.14. The number of hydrogen-bond donors (Lipinski definition) is 0. The predicted octanol–water partition coefficient (Wildman–Crippen LogP) is 4.46. The van der Waals surface area contributed by atoms with Gasteiger partial charge < -0.3 is 9.13 Å². The molecule has 0 spiro atoms. The Morgan fingerprint density at radius 3 is 2.86 bits per heavy atom. The van der Waals surface area contributed by atoms with Crippen LogP contribution in [0.25, 0.3) is 22.6 Å². The molecule has 6 nitrogen and oxygen atoms in total. The summed E-state index contributed by atoms with van der Waals surface area (Å²) in [6.45, 7) is 3.69. The van der Waals surface area contributed by atoms with Crippen molar-refractivity contribution in [2.75, 3.05) is 7.05 Å². The molecule has 0 unspecified atom stereocenters. The number of aromatic nitrogens is 5. The fourth-order valence-electron chi connectivity index (χ4n) is 3.38. The van der Waals surface area contributed by atoms with E-state index < -0.39 is 0 Å². The van der Waals surface area contributed by atoms with Crippen molar-refractivity contribution in [2.45, 2.75) is 26.4 Å². The number of halogens is 1. The number of aliphatic imine (C=N–C) groups is 1. The molecule has 4 rings (SSSR count). The molecule has 0 radical (unpaired) electrons. The van der Waals surface area contributed by atoms with Crippen LogP contribution in [-0.4, -0.2) is 37.3 Å². The van der Waals surface area contributed by atoms with Gasteiger partial charge >= 0.3 is 0 Å². The van der Waals surface area contributed by atoms with E-state index in [-0.39, 0.29) is 0 Å². The van der Waals surface area contributed by atoms with E-state index in [1.807, 2.05) is 24.5 Å². The number of imidazole rings is 2. The van der Waals surface area contributed by atoms with Gasteiger partial charge in [0.25, 0.3) is 0 Å². The number of rotatable bonds is 6. The number of hydrogen-bond acceptors (Lipinski definition) is 4. The second-order valence-corrected chi connectivity index (χ2v) is 6.93. The van der Waals surface area contributed by atoms with Gasteiger partial charge in [-0.2, -0.15) is 0 Å². The summed E-state index contributed by atoms with van der Waals surface area (Å²) in [5.74, 6) is 1.76. The number of benzene rings is 1. The molecule has 0 saturated carbocycles. The number of nitrogens with zero attached hydrogens (tertiary/aromatic N) is 6. The summed E-state index contributed by atoms with van der Waals surface area (Å²) >= 11 is 6.06. The molecule has 0 bridgehead atoms. The van der Waals surface area contributed by atoms with Gasteiger partial charge in [0, 0.05) is 32.2 Å². The highest BCUT2D eigenvalue weighted by Crippen LogP contribution is 2.22. The maximum atomic E-state index is 6.06. The van der Waals surface area contributed by atoms with Crippen LogP contribution in [0.2, 0.25) is 5.15 Å². The van der Waals surface area contributed by atoms with E-state index in [0.29, 0.717) is 11.7 Å². The summed E-state index contributed by atoms with van der Waals surface area (Å²) in [4.78, 5) is 17.9. The van der Waals surface area contributed by atoms with Crippen LogP contribution in [0.3, 0.4) is 0 Å². The molecule has 0 aliphatic rings. The van der Waals surface area contributed by atoms with Crippen molar-refractivity contribution in [2.24, 2.45) is 4.99 Å². The first-order chi connectivity index (χ1) is 13.7. The monoisotopic (exact) mass is 392 g/mol. The van der Waals surface area contributed by atoms with Gasteiger partial charge in [-0.05, 0) is 36.2 Å². The SMILES string of the molecule is CCCn1c(Cn2ccnc2-c2cccc(Cl)n2)nc2cc(C=NC)ccc21. The van der Waals surface area contributed by atoms with Gasteiger partial charge in [-0.25, -0.2) is 15.0 Å². The molecular formula is C21H21ClN6. The van der Waals surface area contributed by atoms with E-state index in [1.54, 1.807) is 19.3 Å². The number of pyridine rings is 1. The van der Waals surface area contributed by atoms with E-state index in [1.165, 1.54) is 0 Å². The molecule has 3 heterocycles. The third-order valence-corrected chi connectivity index (χ3v) is 4.76. The van der Waals surface area contributed by atoms with E-state index in [9.17, 15) is 0 Å². The molecular weight excluding hydrogens is 372 g/mol. The minimum atomic E-state index is 0.454. The van der Waals surface area contributed by atoms with Gasteiger partial charge in [0.05, 0.1) is 17.6 Å². The quantitative estimate of drug-likeness (QED) is 0.359. The third kappa shape index (κ3) is 3.55. The van der Waals surface area contributed by atoms with Crippen LogP contribution < -0.4 is 0 Å². The van der Waals surface area contributed by atoms with Gasteiger partial charge in [0.15, 0.2) is 5.82 Å². The lowest BCUT2D eigenvalue weighted by molar-refractivity contribution is 0.627. The fraction of sp³-hybridized carbons (Fsp3) is 0.238. The van der Waals surface area contributed by atoms with Crippen LogP contribution in [0, 0.1) is 0 Å². The van der Waals surface area contributed by atoms with Crippen LogP contribution in [0.15, 0.2) is 53.8 Å². The normalized spacial score (nSPS) is 11.7. The standard InChI is InChI=1S/C21H21ClN6/c1-3-10-28-18-8-7-15(13-23-2)12-17(18)26-20(28)14-27-11-9-24-21(27)16-5-4-6-19(22)25-16/h4-9,11-13H,3,10,14H2,1-2H3. The molecule has 0 aliphatic heterocycles. The van der Waals surface area contributed by atoms with Crippen molar-refractivity contribution < 1.29 is 0 Å². The molecule has 3 aromatic heterocycles. The van der Waals surface area contributed by atoms with Gasteiger partial charge in [-0.3, -0.25) is 4.99 Å². The second-order valence-electron chi connectivity index (χ2n) is 6.54. The molecule has 4 aromatic rings. The van der Waals surface area contributed by atoms with Crippen LogP contribution in [-0.2, 0) is 13.1 Å². The third-order valence-electron chi connectivity index (χ3n) is 4.55. The second kappa shape index (κ2) is 7.94. The average Bonchev–Trinajstić information content (AvgIpc) is 3.27. The number of aryl methyl sites for hydroxylation is 1. The van der Waals surface area contributed by atoms with E-state index in [4.69, 9.17) is 16.6 Å². The Balaban J connectivity index is 1.76. The summed E-state index contributed by atoms with van der Waals surface area (Å²) < 4.78 is 4.33. The summed E-state index contributed by atoms with van der Waals surface area (Å²) in [6, 6.07) is 11.8. The lowest BCUT2D eigenvalue weighted by Gasteiger charge is -2.10. The van der Waals surface area contributed by atoms with Gasteiger partial charge in [-0.1, -0.05) is 30.7 Å². The highest BCUT2D eigenvalue weighted by atomic mass is 35.5. The summed E-state index contributed by atoms with van der Waals surface area (Å²) in [5, 5.41) is 0.454. The zero-order valence-corrected chi connectivity index (χ0v) is 16.6. The van der Waals surface area contributed by atoms with Crippen molar-refractivity contribution in [1.82, 2.24) is 24.1 Å². The average molecular weight is 393 g/mol. The van der Waals surface area contributed by atoms with Crippen LogP contribution in [0.4, 0.5) is 0 Å². The first kappa shape index (κ1) is 18.4. The Morgan fingerprint density at radius 2 is 2.07 bits per heavy atom. The number of fused-ring (bicyclic) bond motifs is 1. The van der Waals surface area contributed by atoms with Crippen molar-refractivity contribution >= 4 is 28.8 Å². The zero-order chi connectivity index (χ0) is 19.5. The molecule has 0 saturated heterocycles. The van der Waals surface area contributed by atoms with Gasteiger partial charge in [0.1, 0.15) is 16.7 Å². The van der Waals surface area contributed by atoms with E-state index in [2.05, 4.69) is 49.2 Å². The van der Waals surface area contributed by atoms with Crippen molar-refractivity contribution in [3.05, 3.63) is 65.3 Å². The topological polar surface area (TPSA) is 60.9 Å². The molecule has 0 aliphatic carbocycles. The first-order valence-corrected chi connectivity index (χ1v) is 9.62. The van der Waals surface area contributed by atoms with E-state index >= 15 is 0 Å². The minimum absolute atomic E-state index is 0.454. The zero-order valence-electron chi connectivity index (χ0n) is 15.9.